The van der Waals surface area contributed by atoms with E-state index in [0.29, 0.717) is 11.0 Å². The van der Waals surface area contributed by atoms with Crippen molar-refractivity contribution < 1.29 is 24.9 Å². The summed E-state index contributed by atoms with van der Waals surface area (Å²) in [5, 5.41) is 36.5. The number of nitrogens with two attached hydrogens (primary N) is 1. The van der Waals surface area contributed by atoms with Gasteiger partial charge in [-0.1, -0.05) is 0 Å². The summed E-state index contributed by atoms with van der Waals surface area (Å²) in [7, 11) is 0. The van der Waals surface area contributed by atoms with Crippen LogP contribution in [0.4, 0.5) is 5.82 Å². The summed E-state index contributed by atoms with van der Waals surface area (Å²) in [5.41, 5.74) is 6.59. The Morgan fingerprint density at radius 2 is 2.23 bits per heavy atom. The third-order valence-electron chi connectivity index (χ3n) is 3.12. The largest absolute Gasteiger partial charge is 0.457 e. The molecule has 0 aliphatic carbocycles. The average Bonchev–Trinajstić information content (AvgIpc) is 2.88. The molecule has 2 aromatic rings. The van der Waals surface area contributed by atoms with E-state index in [2.05, 4.69) is 15.2 Å². The van der Waals surface area contributed by atoms with E-state index in [1.54, 1.807) is 0 Å². The number of esters is 1. The molecule has 0 radical (unpaired) electrons. The number of aromatic nitrogens is 4. The number of carbonyl (C=O) groups is 1. The van der Waals surface area contributed by atoms with Crippen LogP contribution in [0.25, 0.3) is 11.0 Å². The van der Waals surface area contributed by atoms with Crippen LogP contribution in [-0.4, -0.2) is 66.0 Å². The van der Waals surface area contributed by atoms with Crippen LogP contribution in [0.3, 0.4) is 0 Å². The number of nitrogen functional groups attached to an aromatic ring is 1. The predicted octanol–water partition coefficient (Wildman–Crippen LogP) is -1.95. The van der Waals surface area contributed by atoms with Gasteiger partial charge in [0.25, 0.3) is 0 Å². The van der Waals surface area contributed by atoms with Crippen LogP contribution in [0.2, 0.25) is 0 Å². The molecule has 0 saturated heterocycles. The molecule has 1 unspecified atom stereocenters. The molecule has 0 bridgehead atoms. The standard InChI is InChI=1S/C12H17N5O5/c1-6(19)22-9(4-18)11(21)8(20)3-17-5-14-10-7(17)2-15-16-12(10)13/h2,5,8-9,11,18,20-21H,3-4H2,1H3,(H2,13,16)/t8?,9-,11-/m1/s1. The van der Waals surface area contributed by atoms with Crippen molar-refractivity contribution in [1.29, 1.82) is 0 Å². The summed E-state index contributed by atoms with van der Waals surface area (Å²) in [6.45, 7) is 0.480. The van der Waals surface area contributed by atoms with E-state index < -0.39 is 30.9 Å². The Morgan fingerprint density at radius 3 is 2.86 bits per heavy atom. The van der Waals surface area contributed by atoms with Gasteiger partial charge in [0.05, 0.1) is 31.2 Å². The molecule has 0 aliphatic rings. The molecule has 0 fully saturated rings. The van der Waals surface area contributed by atoms with Crippen molar-refractivity contribution in [2.45, 2.75) is 31.8 Å². The number of anilines is 1. The number of fused-ring (bicyclic) bond motifs is 1. The Balaban J connectivity index is 2.14. The molecule has 0 amide bonds. The van der Waals surface area contributed by atoms with E-state index >= 15 is 0 Å². The average molecular weight is 311 g/mol. The summed E-state index contributed by atoms with van der Waals surface area (Å²) < 4.78 is 6.27. The van der Waals surface area contributed by atoms with Crippen LogP contribution < -0.4 is 5.73 Å². The molecule has 10 nitrogen and oxygen atoms in total. The number of hydrogen-bond acceptors (Lipinski definition) is 9. The van der Waals surface area contributed by atoms with E-state index in [1.165, 1.54) is 17.1 Å². The lowest BCUT2D eigenvalue weighted by atomic mass is 10.1. The van der Waals surface area contributed by atoms with Gasteiger partial charge in [0, 0.05) is 6.92 Å². The quantitative estimate of drug-likeness (QED) is 0.445. The first kappa shape index (κ1) is 16.1. The maximum absolute atomic E-state index is 10.9. The van der Waals surface area contributed by atoms with Gasteiger partial charge in [0.1, 0.15) is 17.7 Å². The van der Waals surface area contributed by atoms with Crippen molar-refractivity contribution in [3.63, 3.8) is 0 Å². The fourth-order valence-corrected chi connectivity index (χ4v) is 2.05. The van der Waals surface area contributed by atoms with Gasteiger partial charge in [-0.15, -0.1) is 5.10 Å². The minimum absolute atomic E-state index is 0.0550. The van der Waals surface area contributed by atoms with Gasteiger partial charge < -0.3 is 30.4 Å². The number of nitrogens with zero attached hydrogens (tertiary/aromatic N) is 4. The van der Waals surface area contributed by atoms with E-state index in [0.717, 1.165) is 6.92 Å². The number of aliphatic hydroxyl groups is 3. The summed E-state index contributed by atoms with van der Waals surface area (Å²) in [4.78, 5) is 15.0. The number of rotatable bonds is 6. The first-order chi connectivity index (χ1) is 10.4. The molecule has 0 saturated carbocycles. The number of imidazole rings is 1. The van der Waals surface area contributed by atoms with Crippen molar-refractivity contribution in [3.8, 4) is 0 Å². The highest BCUT2D eigenvalue weighted by atomic mass is 16.6. The molecule has 3 atom stereocenters. The molecule has 5 N–H and O–H groups in total. The van der Waals surface area contributed by atoms with Crippen molar-refractivity contribution in [2.24, 2.45) is 0 Å². The first-order valence-electron chi connectivity index (χ1n) is 6.50. The maximum atomic E-state index is 10.9. The smallest absolute Gasteiger partial charge is 0.303 e. The van der Waals surface area contributed by atoms with Gasteiger partial charge in [-0.05, 0) is 0 Å². The second kappa shape index (κ2) is 6.64. The fraction of sp³-hybridized carbons (Fsp3) is 0.500. The third-order valence-corrected chi connectivity index (χ3v) is 3.12. The Morgan fingerprint density at radius 1 is 1.50 bits per heavy atom. The predicted molar refractivity (Wildman–Crippen MR) is 74.4 cm³/mol. The summed E-state index contributed by atoms with van der Waals surface area (Å²) in [5.74, 6) is -0.513. The Bertz CT molecular complexity index is 660. The zero-order valence-corrected chi connectivity index (χ0v) is 11.8. The SMILES string of the molecule is CC(=O)O[C@H](CO)[C@H](O)C(O)Cn1cnc2c(N)nncc21. The highest BCUT2D eigenvalue weighted by Crippen LogP contribution is 2.17. The van der Waals surface area contributed by atoms with Gasteiger partial charge in [-0.25, -0.2) is 4.98 Å². The van der Waals surface area contributed by atoms with Crippen LogP contribution in [-0.2, 0) is 16.1 Å². The molecule has 10 heteroatoms. The number of hydrogen-bond donors (Lipinski definition) is 4. The minimum atomic E-state index is -1.46. The van der Waals surface area contributed by atoms with E-state index in [-0.39, 0.29) is 12.4 Å². The molecule has 2 heterocycles. The summed E-state index contributed by atoms with van der Waals surface area (Å²) >= 11 is 0. The fourth-order valence-electron chi connectivity index (χ4n) is 2.05. The lowest BCUT2D eigenvalue weighted by molar-refractivity contribution is -0.161. The lowest BCUT2D eigenvalue weighted by Gasteiger charge is -2.25. The first-order valence-corrected chi connectivity index (χ1v) is 6.50. The molecule has 0 aliphatic heterocycles. The van der Waals surface area contributed by atoms with Crippen LogP contribution in [0.5, 0.6) is 0 Å². The minimum Gasteiger partial charge on any atom is -0.457 e. The Hall–Kier alpha value is -2.30. The van der Waals surface area contributed by atoms with Gasteiger partial charge in [0.2, 0.25) is 0 Å². The van der Waals surface area contributed by atoms with E-state index in [1.807, 2.05) is 0 Å². The van der Waals surface area contributed by atoms with Gasteiger partial charge in [-0.3, -0.25) is 4.79 Å². The van der Waals surface area contributed by atoms with Crippen molar-refractivity contribution in [1.82, 2.24) is 19.7 Å². The van der Waals surface area contributed by atoms with Crippen LogP contribution >= 0.6 is 0 Å². The lowest BCUT2D eigenvalue weighted by Crippen LogP contribution is -2.43. The van der Waals surface area contributed by atoms with E-state index in [4.69, 9.17) is 15.6 Å². The molecule has 2 rings (SSSR count). The van der Waals surface area contributed by atoms with Gasteiger partial charge in [0.15, 0.2) is 11.9 Å². The monoisotopic (exact) mass is 311 g/mol. The highest BCUT2D eigenvalue weighted by molar-refractivity contribution is 5.83. The second-order valence-electron chi connectivity index (χ2n) is 4.75. The molecule has 120 valence electrons. The summed E-state index contributed by atoms with van der Waals surface area (Å²) in [6.07, 6.45) is -1.14. The summed E-state index contributed by atoms with van der Waals surface area (Å²) in [6, 6.07) is 0. The number of ether oxygens (including phenoxy) is 1. The zero-order valence-electron chi connectivity index (χ0n) is 11.8. The van der Waals surface area contributed by atoms with Crippen molar-refractivity contribution in [2.75, 3.05) is 12.3 Å². The molecule has 0 spiro atoms. The zero-order chi connectivity index (χ0) is 16.3. The number of aliphatic hydroxyl groups excluding tert-OH is 3. The number of carbonyl (C=O) groups excluding carboxylic acids is 1. The molecular weight excluding hydrogens is 294 g/mol. The van der Waals surface area contributed by atoms with Crippen molar-refractivity contribution >= 4 is 22.8 Å². The Labute approximate surface area is 125 Å². The topological polar surface area (TPSA) is 157 Å². The normalized spacial score (nSPS) is 15.5. The van der Waals surface area contributed by atoms with Gasteiger partial charge in [-0.2, -0.15) is 5.10 Å². The Kier molecular flexibility index (Phi) is 4.85. The highest BCUT2D eigenvalue weighted by Gasteiger charge is 2.29. The molecule has 2 aromatic heterocycles. The van der Waals surface area contributed by atoms with Crippen LogP contribution in [0, 0.1) is 0 Å². The van der Waals surface area contributed by atoms with Crippen molar-refractivity contribution in [3.05, 3.63) is 12.5 Å². The maximum Gasteiger partial charge on any atom is 0.303 e. The molecule has 0 aromatic carbocycles. The van der Waals surface area contributed by atoms with Crippen LogP contribution in [0.15, 0.2) is 12.5 Å². The van der Waals surface area contributed by atoms with E-state index in [9.17, 15) is 15.0 Å². The van der Waals surface area contributed by atoms with Crippen LogP contribution in [0.1, 0.15) is 6.92 Å². The van der Waals surface area contributed by atoms with Gasteiger partial charge >= 0.3 is 5.97 Å². The third kappa shape index (κ3) is 3.30. The molecular formula is C12H17N5O5. The second-order valence-corrected chi connectivity index (χ2v) is 4.75. The molecule has 22 heavy (non-hydrogen) atoms.